The number of aryl methyl sites for hydroxylation is 2. The molecule has 0 aliphatic heterocycles. The number of nitrogen functional groups attached to an aromatic ring is 1. The fraction of sp³-hybridized carbons (Fsp3) is 0.192. The third-order valence-corrected chi connectivity index (χ3v) is 6.66. The van der Waals surface area contributed by atoms with Crippen LogP contribution in [0.4, 0.5) is 24.8 Å². The lowest BCUT2D eigenvalue weighted by molar-refractivity contribution is -0.141. The summed E-state index contributed by atoms with van der Waals surface area (Å²) in [6.45, 7) is 0. The van der Waals surface area contributed by atoms with E-state index in [1.54, 1.807) is 60.7 Å². The van der Waals surface area contributed by atoms with Gasteiger partial charge in [0, 0.05) is 59.1 Å². The molecule has 4 heterocycles. The van der Waals surface area contributed by atoms with Crippen LogP contribution in [0.1, 0.15) is 39.8 Å². The Balaban J connectivity index is 1.47. The van der Waals surface area contributed by atoms with Gasteiger partial charge in [-0.3, -0.25) is 19.4 Å². The van der Waals surface area contributed by atoms with Gasteiger partial charge in [-0.2, -0.15) is 18.3 Å². The van der Waals surface area contributed by atoms with E-state index in [-0.39, 0.29) is 5.91 Å². The first-order chi connectivity index (χ1) is 17.7. The number of hydrogen-bond acceptors (Lipinski definition) is 6. The van der Waals surface area contributed by atoms with Gasteiger partial charge in [0.05, 0.1) is 11.6 Å². The standard InChI is InChI=1S/C26H20F3N7O/c1-35-11-9-23(34-35)36(21-6-5-19-16(21)3-7-22(32-19)26(27,28)29)25(37)14-2-4-20-17(12-14)18-13-31-10-8-15(18)24(30)33-20/h2-4,7-13,21H,5-6H2,1H3,(H2,30,33). The van der Waals surface area contributed by atoms with Crippen LogP contribution < -0.4 is 10.6 Å². The number of nitrogens with two attached hydrogens (primary N) is 1. The fourth-order valence-corrected chi connectivity index (χ4v) is 4.95. The molecule has 11 heteroatoms. The zero-order valence-corrected chi connectivity index (χ0v) is 19.6. The number of halogens is 3. The summed E-state index contributed by atoms with van der Waals surface area (Å²) in [4.78, 5) is 28.1. The Bertz CT molecular complexity index is 1700. The van der Waals surface area contributed by atoms with E-state index >= 15 is 0 Å². The van der Waals surface area contributed by atoms with Crippen molar-refractivity contribution in [3.05, 3.63) is 83.6 Å². The molecule has 0 fully saturated rings. The summed E-state index contributed by atoms with van der Waals surface area (Å²) in [5.74, 6) is 0.423. The number of carbonyl (C=O) groups excluding carboxylic acids is 1. The molecule has 186 valence electrons. The number of aromatic nitrogens is 5. The van der Waals surface area contributed by atoms with Crippen LogP contribution in [0.25, 0.3) is 21.7 Å². The van der Waals surface area contributed by atoms with Crippen molar-refractivity contribution < 1.29 is 18.0 Å². The molecule has 0 saturated heterocycles. The third kappa shape index (κ3) is 3.83. The van der Waals surface area contributed by atoms with Crippen LogP contribution in [-0.4, -0.2) is 30.6 Å². The minimum absolute atomic E-state index is 0.317. The van der Waals surface area contributed by atoms with E-state index in [9.17, 15) is 18.0 Å². The minimum Gasteiger partial charge on any atom is -0.383 e. The average Bonchev–Trinajstić information content (AvgIpc) is 3.50. The minimum atomic E-state index is -4.54. The van der Waals surface area contributed by atoms with E-state index in [4.69, 9.17) is 5.73 Å². The number of hydrogen-bond donors (Lipinski definition) is 1. The fourth-order valence-electron chi connectivity index (χ4n) is 4.95. The molecule has 0 bridgehead atoms. The zero-order valence-electron chi connectivity index (χ0n) is 19.6. The monoisotopic (exact) mass is 503 g/mol. The van der Waals surface area contributed by atoms with Gasteiger partial charge in [-0.15, -0.1) is 0 Å². The van der Waals surface area contributed by atoms with Crippen LogP contribution in [0.15, 0.2) is 61.1 Å². The van der Waals surface area contributed by atoms with Crippen LogP contribution >= 0.6 is 0 Å². The second-order valence-electron chi connectivity index (χ2n) is 8.96. The Morgan fingerprint density at radius 3 is 2.68 bits per heavy atom. The highest BCUT2D eigenvalue weighted by molar-refractivity contribution is 6.13. The molecule has 1 atom stereocenters. The molecular weight excluding hydrogens is 483 g/mol. The van der Waals surface area contributed by atoms with Gasteiger partial charge in [-0.05, 0) is 48.7 Å². The number of alkyl halides is 3. The van der Waals surface area contributed by atoms with Gasteiger partial charge in [-0.25, -0.2) is 9.97 Å². The number of fused-ring (bicyclic) bond motifs is 4. The molecule has 0 saturated carbocycles. The number of rotatable bonds is 3. The number of anilines is 2. The first-order valence-corrected chi connectivity index (χ1v) is 11.5. The summed E-state index contributed by atoms with van der Waals surface area (Å²) < 4.78 is 41.3. The Morgan fingerprint density at radius 1 is 1.08 bits per heavy atom. The van der Waals surface area contributed by atoms with Crippen LogP contribution in [-0.2, 0) is 19.6 Å². The van der Waals surface area contributed by atoms with E-state index in [1.165, 1.54) is 11.0 Å². The molecule has 1 amide bonds. The normalized spacial score (nSPS) is 15.3. The SMILES string of the molecule is Cn1ccc(N(C(=O)c2ccc3nc(N)c4ccncc4c3c2)C2CCc3nc(C(F)(F)F)ccc32)n1. The van der Waals surface area contributed by atoms with Crippen molar-refractivity contribution in [2.24, 2.45) is 7.05 Å². The maximum absolute atomic E-state index is 14.0. The van der Waals surface area contributed by atoms with Crippen molar-refractivity contribution in [1.82, 2.24) is 24.7 Å². The average molecular weight is 503 g/mol. The molecule has 4 aromatic heterocycles. The van der Waals surface area contributed by atoms with Crippen molar-refractivity contribution >= 4 is 39.2 Å². The highest BCUT2D eigenvalue weighted by atomic mass is 19.4. The molecule has 1 aliphatic rings. The molecule has 6 rings (SSSR count). The molecule has 8 nitrogen and oxygen atoms in total. The predicted molar refractivity (Wildman–Crippen MR) is 132 cm³/mol. The van der Waals surface area contributed by atoms with Crippen LogP contribution in [0.3, 0.4) is 0 Å². The predicted octanol–water partition coefficient (Wildman–Crippen LogP) is 4.85. The lowest BCUT2D eigenvalue weighted by Crippen LogP contribution is -2.34. The summed E-state index contributed by atoms with van der Waals surface area (Å²) in [5.41, 5.74) is 7.09. The van der Waals surface area contributed by atoms with E-state index in [1.807, 2.05) is 0 Å². The van der Waals surface area contributed by atoms with Crippen molar-refractivity contribution in [1.29, 1.82) is 0 Å². The molecule has 2 N–H and O–H groups in total. The van der Waals surface area contributed by atoms with Gasteiger partial charge < -0.3 is 5.73 Å². The zero-order chi connectivity index (χ0) is 25.9. The lowest BCUT2D eigenvalue weighted by atomic mass is 10.0. The van der Waals surface area contributed by atoms with Crippen LogP contribution in [0.5, 0.6) is 0 Å². The van der Waals surface area contributed by atoms with Gasteiger partial charge >= 0.3 is 6.18 Å². The summed E-state index contributed by atoms with van der Waals surface area (Å²) in [6, 6.07) is 10.5. The van der Waals surface area contributed by atoms with Gasteiger partial charge in [0.15, 0.2) is 5.82 Å². The van der Waals surface area contributed by atoms with Gasteiger partial charge in [0.2, 0.25) is 0 Å². The molecule has 1 unspecified atom stereocenters. The highest BCUT2D eigenvalue weighted by Gasteiger charge is 2.38. The molecule has 0 radical (unpaired) electrons. The number of amides is 1. The second-order valence-corrected chi connectivity index (χ2v) is 8.96. The summed E-state index contributed by atoms with van der Waals surface area (Å²) in [6.07, 6.45) is 1.21. The van der Waals surface area contributed by atoms with Crippen LogP contribution in [0, 0.1) is 0 Å². The molecule has 37 heavy (non-hydrogen) atoms. The Hall–Kier alpha value is -4.54. The number of pyridine rings is 3. The lowest BCUT2D eigenvalue weighted by Gasteiger charge is -2.28. The van der Waals surface area contributed by atoms with Gasteiger partial charge in [-0.1, -0.05) is 6.07 Å². The largest absolute Gasteiger partial charge is 0.433 e. The number of benzene rings is 1. The van der Waals surface area contributed by atoms with E-state index in [0.717, 1.165) is 16.8 Å². The smallest absolute Gasteiger partial charge is 0.383 e. The molecule has 1 aliphatic carbocycles. The Kier molecular flexibility index (Phi) is 5.11. The summed E-state index contributed by atoms with van der Waals surface area (Å²) in [5, 5.41) is 6.64. The van der Waals surface area contributed by atoms with Gasteiger partial charge in [0.25, 0.3) is 5.91 Å². The third-order valence-electron chi connectivity index (χ3n) is 6.66. The quantitative estimate of drug-likeness (QED) is 0.353. The van der Waals surface area contributed by atoms with Crippen molar-refractivity contribution in [2.45, 2.75) is 25.1 Å². The second kappa shape index (κ2) is 8.26. The number of carbonyl (C=O) groups is 1. The maximum Gasteiger partial charge on any atom is 0.433 e. The highest BCUT2D eigenvalue weighted by Crippen LogP contribution is 2.40. The molecule has 0 spiro atoms. The van der Waals surface area contributed by atoms with Gasteiger partial charge in [0.1, 0.15) is 11.5 Å². The first kappa shape index (κ1) is 22.9. The first-order valence-electron chi connectivity index (χ1n) is 11.5. The van der Waals surface area contributed by atoms with Crippen molar-refractivity contribution in [3.8, 4) is 0 Å². The van der Waals surface area contributed by atoms with E-state index < -0.39 is 17.9 Å². The molecule has 5 aromatic rings. The molecule has 1 aromatic carbocycles. The van der Waals surface area contributed by atoms with Crippen LogP contribution in [0.2, 0.25) is 0 Å². The summed E-state index contributed by atoms with van der Waals surface area (Å²) in [7, 11) is 1.73. The van der Waals surface area contributed by atoms with E-state index in [2.05, 4.69) is 20.1 Å². The van der Waals surface area contributed by atoms with E-state index in [0.29, 0.717) is 52.2 Å². The van der Waals surface area contributed by atoms with Crippen molar-refractivity contribution in [3.63, 3.8) is 0 Å². The number of nitrogens with zero attached hydrogens (tertiary/aromatic N) is 6. The van der Waals surface area contributed by atoms with Crippen molar-refractivity contribution in [2.75, 3.05) is 10.6 Å². The Labute approximate surface area is 208 Å². The maximum atomic E-state index is 14.0. The Morgan fingerprint density at radius 2 is 1.92 bits per heavy atom. The molecular formula is C26H20F3N7O. The topological polar surface area (TPSA) is 103 Å². The summed E-state index contributed by atoms with van der Waals surface area (Å²) >= 11 is 0.